The monoisotopic (exact) mass is 440 g/mol. The van der Waals surface area contributed by atoms with Crippen LogP contribution in [0.5, 0.6) is 0 Å². The number of allylic oxidation sites excluding steroid dienone is 1. The van der Waals surface area contributed by atoms with E-state index in [2.05, 4.69) is 17.2 Å². The Morgan fingerprint density at radius 1 is 1.00 bits per heavy atom. The quantitative estimate of drug-likeness (QED) is 0.299. The zero-order valence-electron chi connectivity index (χ0n) is 20.1. The van der Waals surface area contributed by atoms with Gasteiger partial charge < -0.3 is 10.2 Å². The number of nitrogens with one attached hydrogen (secondary N) is 1. The van der Waals surface area contributed by atoms with Crippen LogP contribution in [0.25, 0.3) is 0 Å². The van der Waals surface area contributed by atoms with E-state index in [-0.39, 0.29) is 29.4 Å². The molecule has 32 heavy (non-hydrogen) atoms. The van der Waals surface area contributed by atoms with E-state index in [1.54, 1.807) is 11.0 Å². The lowest BCUT2D eigenvalue weighted by atomic mass is 9.99. The summed E-state index contributed by atoms with van der Waals surface area (Å²) in [7, 11) is 0. The maximum atomic E-state index is 13.0. The van der Waals surface area contributed by atoms with Crippen LogP contribution in [0.3, 0.4) is 0 Å². The molecule has 0 radical (unpaired) electrons. The van der Waals surface area contributed by atoms with Crippen LogP contribution < -0.4 is 5.32 Å². The molecule has 0 saturated heterocycles. The fourth-order valence-corrected chi connectivity index (χ4v) is 4.04. The zero-order chi connectivity index (χ0) is 23.9. The summed E-state index contributed by atoms with van der Waals surface area (Å²) >= 11 is 0. The van der Waals surface area contributed by atoms with Gasteiger partial charge in [0.1, 0.15) is 0 Å². The lowest BCUT2D eigenvalue weighted by Crippen LogP contribution is -2.41. The zero-order valence-corrected chi connectivity index (χ0v) is 20.1. The lowest BCUT2D eigenvalue weighted by molar-refractivity contribution is -0.137. The molecule has 1 heterocycles. The van der Waals surface area contributed by atoms with Gasteiger partial charge in [-0.05, 0) is 51.9 Å². The molecule has 0 spiro atoms. The van der Waals surface area contributed by atoms with Gasteiger partial charge in [0.15, 0.2) is 5.78 Å². The maximum Gasteiger partial charge on any atom is 0.230 e. The van der Waals surface area contributed by atoms with Crippen molar-refractivity contribution in [3.05, 3.63) is 11.8 Å². The van der Waals surface area contributed by atoms with Crippen molar-refractivity contribution in [2.45, 2.75) is 97.4 Å². The van der Waals surface area contributed by atoms with E-state index in [4.69, 9.17) is 12.8 Å². The molecule has 5 nitrogen and oxygen atoms in total. The molecule has 0 unspecified atom stereocenters. The first-order chi connectivity index (χ1) is 15.3. The Balaban J connectivity index is 2.39. The number of ketones is 1. The molecule has 0 aromatic rings. The molecule has 1 N–H and O–H groups in total. The van der Waals surface area contributed by atoms with E-state index in [1.807, 2.05) is 20.8 Å². The summed E-state index contributed by atoms with van der Waals surface area (Å²) in [5.41, 5.74) is 0.729. The number of terminal acetylenes is 2. The van der Waals surface area contributed by atoms with Crippen LogP contribution >= 0.6 is 0 Å². The number of unbranched alkanes of at least 4 members (excludes halogenated alkanes) is 5. The first-order valence-electron chi connectivity index (χ1n) is 12.0. The molecule has 176 valence electrons. The van der Waals surface area contributed by atoms with Crippen LogP contribution in [0.1, 0.15) is 91.4 Å². The Kier molecular flexibility index (Phi) is 13.2. The van der Waals surface area contributed by atoms with Gasteiger partial charge in [-0.15, -0.1) is 24.7 Å². The van der Waals surface area contributed by atoms with Crippen LogP contribution in [-0.4, -0.2) is 35.1 Å². The average Bonchev–Trinajstić information content (AvgIpc) is 3.05. The van der Waals surface area contributed by atoms with E-state index in [1.165, 1.54) is 0 Å². The summed E-state index contributed by atoms with van der Waals surface area (Å²) in [5.74, 6) is 5.17. The van der Waals surface area contributed by atoms with Crippen molar-refractivity contribution in [1.29, 1.82) is 0 Å². The van der Waals surface area contributed by atoms with Crippen molar-refractivity contribution in [3.8, 4) is 24.7 Å². The van der Waals surface area contributed by atoms with Gasteiger partial charge in [0.05, 0.1) is 6.04 Å². The Morgan fingerprint density at radius 3 is 2.19 bits per heavy atom. The van der Waals surface area contributed by atoms with E-state index in [0.717, 1.165) is 69.9 Å². The highest BCUT2D eigenvalue weighted by atomic mass is 16.2. The van der Waals surface area contributed by atoms with Crippen LogP contribution in [0.4, 0.5) is 0 Å². The number of rotatable bonds is 15. The summed E-state index contributed by atoms with van der Waals surface area (Å²) in [5, 5.41) is 2.98. The minimum absolute atomic E-state index is 0.00000795. The fourth-order valence-electron chi connectivity index (χ4n) is 4.04. The Labute approximate surface area is 194 Å². The summed E-state index contributed by atoms with van der Waals surface area (Å²) < 4.78 is 0. The molecule has 0 saturated carbocycles. The normalized spacial score (nSPS) is 17.3. The Hall–Kier alpha value is -2.53. The SMILES string of the molecule is C#CCCCC[C@@H](C)C(=O)NCCCC[C@@H]1C(=O)C=C(C)N1C(=O)[C@H](C)CCCCC#C. The molecule has 3 atom stereocenters. The predicted molar refractivity (Wildman–Crippen MR) is 129 cm³/mol. The summed E-state index contributed by atoms with van der Waals surface area (Å²) in [4.78, 5) is 39.3. The number of carbonyl (C=O) groups is 3. The molecule has 1 aliphatic rings. The molecule has 0 aromatic heterocycles. The Morgan fingerprint density at radius 2 is 1.59 bits per heavy atom. The Bertz CT molecular complexity index is 741. The van der Waals surface area contributed by atoms with Crippen molar-refractivity contribution >= 4 is 17.6 Å². The first-order valence-corrected chi connectivity index (χ1v) is 12.0. The minimum Gasteiger partial charge on any atom is -0.356 e. The molecule has 5 heteroatoms. The number of carbonyl (C=O) groups excluding carboxylic acids is 3. The van der Waals surface area contributed by atoms with Gasteiger partial charge in [-0.1, -0.05) is 26.7 Å². The minimum atomic E-state index is -0.415. The summed E-state index contributed by atoms with van der Waals surface area (Å²) in [6, 6.07) is -0.415. The summed E-state index contributed by atoms with van der Waals surface area (Å²) in [6.07, 6.45) is 21.1. The second-order valence-corrected chi connectivity index (χ2v) is 8.90. The van der Waals surface area contributed by atoms with Crippen molar-refractivity contribution in [2.75, 3.05) is 6.54 Å². The molecule has 1 rings (SSSR count). The molecule has 2 amide bonds. The van der Waals surface area contributed by atoms with Gasteiger partial charge in [0, 0.05) is 43.0 Å². The van der Waals surface area contributed by atoms with Gasteiger partial charge in [-0.25, -0.2) is 0 Å². The second kappa shape index (κ2) is 15.3. The molecule has 0 bridgehead atoms. The standard InChI is InChI=1S/C27H40N2O3/c1-6-8-10-12-16-21(3)26(31)28-19-15-14-18-24-25(30)20-23(5)29(24)27(32)22(4)17-13-11-9-7-2/h1-2,20-22,24H,8-19H2,3-5H3,(H,28,31)/t21-,22-,24-/m1/s1. The predicted octanol–water partition coefficient (Wildman–Crippen LogP) is 4.62. The number of nitrogens with zero attached hydrogens (tertiary/aromatic N) is 1. The first kappa shape index (κ1) is 27.5. The van der Waals surface area contributed by atoms with Crippen molar-refractivity contribution < 1.29 is 14.4 Å². The van der Waals surface area contributed by atoms with Gasteiger partial charge in [0.2, 0.25) is 11.8 Å². The number of hydrogen-bond acceptors (Lipinski definition) is 3. The van der Waals surface area contributed by atoms with Gasteiger partial charge in [0.25, 0.3) is 0 Å². The molecule has 0 aromatic carbocycles. The highest BCUT2D eigenvalue weighted by molar-refractivity contribution is 6.01. The van der Waals surface area contributed by atoms with Gasteiger partial charge in [-0.3, -0.25) is 14.4 Å². The van der Waals surface area contributed by atoms with Crippen molar-refractivity contribution in [3.63, 3.8) is 0 Å². The molecular formula is C27H40N2O3. The van der Waals surface area contributed by atoms with Crippen molar-refractivity contribution in [2.24, 2.45) is 11.8 Å². The highest BCUT2D eigenvalue weighted by Gasteiger charge is 2.36. The van der Waals surface area contributed by atoms with E-state index >= 15 is 0 Å². The largest absolute Gasteiger partial charge is 0.356 e. The third-order valence-corrected chi connectivity index (χ3v) is 6.10. The molecule has 0 fully saturated rings. The maximum absolute atomic E-state index is 13.0. The van der Waals surface area contributed by atoms with Gasteiger partial charge in [-0.2, -0.15) is 0 Å². The molecule has 0 aliphatic carbocycles. The van der Waals surface area contributed by atoms with E-state index in [0.29, 0.717) is 13.0 Å². The van der Waals surface area contributed by atoms with Crippen LogP contribution in [0, 0.1) is 36.5 Å². The van der Waals surface area contributed by atoms with Crippen LogP contribution in [0.2, 0.25) is 0 Å². The number of amides is 2. The van der Waals surface area contributed by atoms with E-state index in [9.17, 15) is 14.4 Å². The summed E-state index contributed by atoms with van der Waals surface area (Å²) in [6.45, 7) is 6.27. The average molecular weight is 441 g/mol. The van der Waals surface area contributed by atoms with Gasteiger partial charge >= 0.3 is 0 Å². The third kappa shape index (κ3) is 9.31. The van der Waals surface area contributed by atoms with Crippen molar-refractivity contribution in [1.82, 2.24) is 10.2 Å². The molecular weight excluding hydrogens is 400 g/mol. The highest BCUT2D eigenvalue weighted by Crippen LogP contribution is 2.26. The molecule has 1 aliphatic heterocycles. The van der Waals surface area contributed by atoms with Crippen LogP contribution in [-0.2, 0) is 14.4 Å². The lowest BCUT2D eigenvalue weighted by Gasteiger charge is -2.28. The van der Waals surface area contributed by atoms with E-state index < -0.39 is 6.04 Å². The smallest absolute Gasteiger partial charge is 0.230 e. The topological polar surface area (TPSA) is 66.5 Å². The van der Waals surface area contributed by atoms with Crippen LogP contribution in [0.15, 0.2) is 11.8 Å². The number of hydrogen-bond donors (Lipinski definition) is 1. The fraction of sp³-hybridized carbons (Fsp3) is 0.667. The second-order valence-electron chi connectivity index (χ2n) is 8.90. The third-order valence-electron chi connectivity index (χ3n) is 6.10.